The summed E-state index contributed by atoms with van der Waals surface area (Å²) in [5.74, 6) is 0.633. The van der Waals surface area contributed by atoms with Crippen LogP contribution in [0.25, 0.3) is 55.5 Å². The van der Waals surface area contributed by atoms with Gasteiger partial charge in [-0.3, -0.25) is 10.1 Å². The zero-order valence-corrected chi connectivity index (χ0v) is 82.9. The standard InChI is InChI=1S/C26H22Si.C25H21NO2Si.C20H13ClN2.C19H18BO2Si.C19H17BrSi.C6H4Br2.FH/c1-27(22-11-4-2-5-12-22,23-13-6-3-7-14-23)24-16-17-26-21(19-24)18-20-10-8-9-15-25(20)26;1-29(21-10-4-2-5-11-21,22-12-6-3-7-13-22)23-18-16-20(17-19-23)24-14-8-9-15-25(24)26(27)28;21-20-22-18-9-5-4-8-17(18)19(23-20)16-12-10-15(11-13-16)14-6-2-1-3-7-14;1-23(17-8-4-2-5-9-17,18-10-6-3-7-11-18)19-14-12-16(13-15-19)22-20-21;1-21(17-8-4-2-5-9-17,18-10-6-3-7-11-18)19-14-12-16(20)13-15-19;7-5-1-2-6(8)4-3-5;/h2-17,19H,18H2,1H3;2-19H,1H3;1-13H;2-15,21H,1H3;2-15H,1H3;1-4H;1H/p-1. The molecule has 132 heavy (non-hydrogen) atoms. The molecule has 1 heterocycles. The van der Waals surface area contributed by atoms with Crippen LogP contribution in [0, 0.1) is 10.1 Å². The molecule has 0 aliphatic heterocycles. The van der Waals surface area contributed by atoms with Gasteiger partial charge in [-0.2, -0.15) is 0 Å². The molecule has 1 radical (unpaired) electrons. The fourth-order valence-corrected chi connectivity index (χ4v) is 32.6. The van der Waals surface area contributed by atoms with Gasteiger partial charge in [-0.05, 0) is 180 Å². The van der Waals surface area contributed by atoms with Crippen molar-refractivity contribution in [3.05, 3.63) is 525 Å². The number of fused-ring (bicyclic) bond motifs is 4. The second-order valence-corrected chi connectivity index (χ2v) is 51.5. The van der Waals surface area contributed by atoms with E-state index in [9.17, 15) is 10.1 Å². The molecule has 0 saturated heterocycles. The molecule has 17 heteroatoms. The van der Waals surface area contributed by atoms with E-state index in [2.05, 4.69) is 442 Å². The minimum absolute atomic E-state index is 0. The summed E-state index contributed by atoms with van der Waals surface area (Å²) in [6, 6.07) is 169. The first-order chi connectivity index (χ1) is 63.9. The Hall–Kier alpha value is -12.9. The van der Waals surface area contributed by atoms with Crippen molar-refractivity contribution in [1.29, 1.82) is 0 Å². The van der Waals surface area contributed by atoms with Gasteiger partial charge in [0.15, 0.2) is 0 Å². The number of hydrogen-bond donors (Lipinski definition) is 1. The van der Waals surface area contributed by atoms with Crippen LogP contribution >= 0.6 is 59.4 Å². The molecule has 0 fully saturated rings. The summed E-state index contributed by atoms with van der Waals surface area (Å²) in [7, 11) is -7.46. The van der Waals surface area contributed by atoms with Gasteiger partial charge in [0.1, 0.15) is 32.3 Å². The quantitative estimate of drug-likeness (QED) is 0.0302. The monoisotopic (exact) mass is 2000 g/mol. The number of para-hydroxylation sites is 2. The fraction of sp³-hybridized carbons (Fsp3) is 0.0435. The van der Waals surface area contributed by atoms with Crippen molar-refractivity contribution in [2.45, 2.75) is 32.6 Å². The number of halogens is 5. The van der Waals surface area contributed by atoms with Gasteiger partial charge in [0, 0.05) is 30.4 Å². The van der Waals surface area contributed by atoms with Crippen LogP contribution in [0.1, 0.15) is 11.1 Å². The molecule has 1 N–H and O–H groups in total. The van der Waals surface area contributed by atoms with E-state index in [1.165, 1.54) is 95.6 Å². The van der Waals surface area contributed by atoms with E-state index in [-0.39, 0.29) is 20.6 Å². The molecule has 0 amide bonds. The third-order valence-corrected chi connectivity index (χ3v) is 44.3. The molecule has 1 aliphatic rings. The summed E-state index contributed by atoms with van der Waals surface area (Å²) >= 11 is 16.3. The average Bonchev–Trinajstić information content (AvgIpc) is 1.58. The van der Waals surface area contributed by atoms with Crippen LogP contribution in [0.5, 0.6) is 5.75 Å². The van der Waals surface area contributed by atoms with Crippen LogP contribution in [0.4, 0.5) is 5.69 Å². The highest BCUT2D eigenvalue weighted by Gasteiger charge is 2.38. The summed E-state index contributed by atoms with van der Waals surface area (Å²) in [6.07, 6.45) is 1.05. The number of hydrogen-bond acceptors (Lipinski definition) is 6. The van der Waals surface area contributed by atoms with Gasteiger partial charge in [0.05, 0.1) is 27.4 Å². The van der Waals surface area contributed by atoms with E-state index in [0.29, 0.717) is 19.0 Å². The van der Waals surface area contributed by atoms with Gasteiger partial charge in [-0.15, -0.1) is 0 Å². The lowest BCUT2D eigenvalue weighted by molar-refractivity contribution is -0.384. The van der Waals surface area contributed by atoms with Crippen LogP contribution in [-0.2, 0) is 6.42 Å². The van der Waals surface area contributed by atoms with Crippen molar-refractivity contribution in [2.24, 2.45) is 0 Å². The van der Waals surface area contributed by atoms with Crippen molar-refractivity contribution < 1.29 is 19.3 Å². The third-order valence-electron chi connectivity index (χ3n) is 24.7. The minimum Gasteiger partial charge on any atom is -1.00 e. The molecule has 19 aromatic rings. The number of nitrogens with zero attached hydrogens (tertiary/aromatic N) is 3. The van der Waals surface area contributed by atoms with Gasteiger partial charge in [0.25, 0.3) is 5.69 Å². The molecule has 7 nitrogen and oxygen atoms in total. The van der Waals surface area contributed by atoms with Crippen LogP contribution in [0.3, 0.4) is 0 Å². The number of nitro groups is 1. The number of benzene rings is 18. The molecule has 1 aromatic heterocycles. The van der Waals surface area contributed by atoms with Crippen LogP contribution in [0.15, 0.2) is 499 Å². The highest BCUT2D eigenvalue weighted by molar-refractivity contribution is 9.11. The smallest absolute Gasteiger partial charge is 0.569 e. The Balaban J connectivity index is 0.000000130. The lowest BCUT2D eigenvalue weighted by atomic mass is 10.0. The van der Waals surface area contributed by atoms with Crippen molar-refractivity contribution >= 4 is 178 Å². The van der Waals surface area contributed by atoms with Gasteiger partial charge in [-0.25, -0.2) is 9.97 Å². The number of aromatic nitrogens is 2. The molecule has 20 rings (SSSR count). The normalized spacial score (nSPS) is 11.2. The second kappa shape index (κ2) is 45.3. The Morgan fingerprint density at radius 3 is 1.00 bits per heavy atom. The zero-order valence-electron chi connectivity index (χ0n) is 73.4. The zero-order chi connectivity index (χ0) is 91.0. The van der Waals surface area contributed by atoms with E-state index in [1.54, 1.807) is 18.2 Å². The maximum atomic E-state index is 11.4. The maximum absolute atomic E-state index is 11.4. The van der Waals surface area contributed by atoms with Gasteiger partial charge in [0.2, 0.25) is 5.28 Å². The van der Waals surface area contributed by atoms with Crippen molar-refractivity contribution in [3.63, 3.8) is 0 Å². The van der Waals surface area contributed by atoms with Crippen LogP contribution in [0.2, 0.25) is 31.5 Å². The highest BCUT2D eigenvalue weighted by Crippen LogP contribution is 2.37. The van der Waals surface area contributed by atoms with E-state index in [4.69, 9.17) is 21.3 Å². The molecule has 0 spiro atoms. The van der Waals surface area contributed by atoms with Crippen LogP contribution < -0.4 is 71.6 Å². The Labute approximate surface area is 808 Å². The Morgan fingerprint density at radius 1 is 0.311 bits per heavy atom. The summed E-state index contributed by atoms with van der Waals surface area (Å²) in [4.78, 5) is 19.8. The Morgan fingerprint density at radius 2 is 0.598 bits per heavy atom. The van der Waals surface area contributed by atoms with E-state index >= 15 is 0 Å². The molecule has 0 saturated carbocycles. The molecule has 18 aromatic carbocycles. The van der Waals surface area contributed by atoms with E-state index in [0.717, 1.165) is 47.6 Å². The summed E-state index contributed by atoms with van der Waals surface area (Å²) in [6.45, 7) is 9.64. The lowest BCUT2D eigenvalue weighted by Crippen LogP contribution is -3.00. The predicted molar refractivity (Wildman–Crippen MR) is 573 cm³/mol. The SMILES string of the molecule is Brc1ccc(Br)cc1.C[Si](c1ccccc1)(c1ccccc1)c1ccc(-c2ccccc2[N+](=O)[O-])cc1.C[Si](c1ccccc1)(c1ccccc1)c1ccc(Br)cc1.C[Si](c1ccccc1)(c1ccccc1)c1ccc(O[B]O)cc1.C[Si](c1ccccc1)(c1ccccc1)c1ccc2c(c1)Cc1ccccc1-2.Clc1nc(-c2ccc(-c3ccccc3)cc2)c2ccccc2n1.[F-]. The summed E-state index contributed by atoms with van der Waals surface area (Å²) < 4.78 is 8.38. The second-order valence-electron chi connectivity index (χ2n) is 32.5. The lowest BCUT2D eigenvalue weighted by Gasteiger charge is -2.30. The number of nitro benzene ring substituents is 1. The van der Waals surface area contributed by atoms with Crippen molar-refractivity contribution in [3.8, 4) is 50.4 Å². The first-order valence-corrected chi connectivity index (χ1v) is 56.2. The molecule has 0 unspecified atom stereocenters. The molecular formula is C115H95BBr3ClFN3O4Si4-. The van der Waals surface area contributed by atoms with E-state index in [1.807, 2.05) is 109 Å². The Bertz CT molecular complexity index is 6740. The maximum Gasteiger partial charge on any atom is 0.569 e. The summed E-state index contributed by atoms with van der Waals surface area (Å²) in [5, 5.41) is 38.2. The fourth-order valence-electron chi connectivity index (χ4n) is 17.3. The van der Waals surface area contributed by atoms with Crippen molar-refractivity contribution in [1.82, 2.24) is 9.97 Å². The van der Waals surface area contributed by atoms with Gasteiger partial charge in [-0.1, -0.05) is 493 Å². The van der Waals surface area contributed by atoms with E-state index < -0.39 is 32.3 Å². The molecule has 0 bridgehead atoms. The van der Waals surface area contributed by atoms with Crippen molar-refractivity contribution in [2.75, 3.05) is 0 Å². The minimum atomic E-state index is -2.17. The summed E-state index contributed by atoms with van der Waals surface area (Å²) in [5.41, 5.74) is 12.5. The number of rotatable bonds is 18. The largest absolute Gasteiger partial charge is 1.00 e. The Kier molecular flexibility index (Phi) is 32.6. The first-order valence-electron chi connectivity index (χ1n) is 43.4. The molecular weight excluding hydrogens is 1900 g/mol. The third kappa shape index (κ3) is 22.3. The first kappa shape index (κ1) is 95.1. The van der Waals surface area contributed by atoms with Gasteiger partial charge >= 0.3 is 7.69 Å². The topological polar surface area (TPSA) is 98.4 Å². The highest BCUT2D eigenvalue weighted by atomic mass is 79.9. The predicted octanol–water partition coefficient (Wildman–Crippen LogP) is 19.8. The molecule has 649 valence electrons. The van der Waals surface area contributed by atoms with Crippen LogP contribution in [-0.4, -0.2) is 59.9 Å². The molecule has 0 atom stereocenters. The molecule has 1 aliphatic carbocycles. The van der Waals surface area contributed by atoms with Gasteiger partial charge < -0.3 is 14.4 Å². The average molecular weight is 2000 g/mol.